The van der Waals surface area contributed by atoms with Crippen LogP contribution in [0.4, 0.5) is 0 Å². The van der Waals surface area contributed by atoms with E-state index in [0.29, 0.717) is 0 Å². The van der Waals surface area contributed by atoms with Crippen LogP contribution in [0, 0.1) is 17.8 Å². The summed E-state index contributed by atoms with van der Waals surface area (Å²) in [6, 6.07) is 0. The smallest absolute Gasteiger partial charge is 0.0382 e. The monoisotopic (exact) mass is 163 g/mol. The van der Waals surface area contributed by atoms with Crippen molar-refractivity contribution in [1.82, 2.24) is 0 Å². The molecule has 1 saturated carbocycles. The molecule has 12 heavy (non-hydrogen) atoms. The molecular weight excluding hydrogens is 146 g/mol. The highest BCUT2D eigenvalue weighted by Crippen LogP contribution is 2.42. The molecule has 0 amide bonds. The summed E-state index contributed by atoms with van der Waals surface area (Å²) in [7, 11) is 0. The quantitative estimate of drug-likeness (QED) is 0.448. The highest BCUT2D eigenvalue weighted by molar-refractivity contribution is 5.63. The molecule has 0 N–H and O–H groups in total. The van der Waals surface area contributed by atoms with Crippen LogP contribution in [-0.2, 0) is 0 Å². The van der Waals surface area contributed by atoms with Gasteiger partial charge in [0.05, 0.1) is 0 Å². The molecule has 3 unspecified atom stereocenters. The molecule has 0 saturated heterocycles. The van der Waals surface area contributed by atoms with Gasteiger partial charge in [0.25, 0.3) is 0 Å². The van der Waals surface area contributed by atoms with E-state index in [1.807, 2.05) is 0 Å². The lowest BCUT2D eigenvalue weighted by Crippen LogP contribution is -2.08. The zero-order chi connectivity index (χ0) is 8.39. The summed E-state index contributed by atoms with van der Waals surface area (Å²) in [5.41, 5.74) is 0. The third-order valence-electron chi connectivity index (χ3n) is 2.98. The van der Waals surface area contributed by atoms with Crippen molar-refractivity contribution in [2.45, 2.75) is 26.2 Å². The number of allylic oxidation sites excluding steroid dienone is 2. The largest absolute Gasteiger partial charge is 0.297 e. The van der Waals surface area contributed by atoms with E-state index in [9.17, 15) is 0 Å². The second kappa shape index (κ2) is 3.42. The summed E-state index contributed by atoms with van der Waals surface area (Å²) in [6.45, 7) is 3.19. The standard InChI is InChI=1S/C11H17N/c1-2-5-12-8-11-7-9-3-4-10(11)6-9/h3-4,8-11H,2,5-7H2,1H3. The molecule has 1 heteroatoms. The molecule has 3 atom stereocenters. The Morgan fingerprint density at radius 1 is 1.42 bits per heavy atom. The van der Waals surface area contributed by atoms with Gasteiger partial charge in [0.1, 0.15) is 0 Å². The van der Waals surface area contributed by atoms with Crippen molar-refractivity contribution in [3.63, 3.8) is 0 Å². The highest BCUT2D eigenvalue weighted by Gasteiger charge is 2.34. The van der Waals surface area contributed by atoms with Gasteiger partial charge in [-0.25, -0.2) is 0 Å². The summed E-state index contributed by atoms with van der Waals surface area (Å²) in [5.74, 6) is 2.48. The first kappa shape index (κ1) is 8.03. The Morgan fingerprint density at radius 2 is 2.33 bits per heavy atom. The van der Waals surface area contributed by atoms with Crippen LogP contribution < -0.4 is 0 Å². The molecule has 2 bridgehead atoms. The first-order valence-corrected chi connectivity index (χ1v) is 5.08. The average molecular weight is 163 g/mol. The van der Waals surface area contributed by atoms with E-state index < -0.39 is 0 Å². The SMILES string of the molecule is CCCN=CC1CC2C=CC1C2. The van der Waals surface area contributed by atoms with Gasteiger partial charge in [-0.05, 0) is 31.1 Å². The van der Waals surface area contributed by atoms with Crippen molar-refractivity contribution in [2.75, 3.05) is 6.54 Å². The van der Waals surface area contributed by atoms with Crippen LogP contribution in [-0.4, -0.2) is 12.8 Å². The number of hydrogen-bond donors (Lipinski definition) is 0. The first-order chi connectivity index (χ1) is 5.90. The zero-order valence-corrected chi connectivity index (χ0v) is 7.74. The summed E-state index contributed by atoms with van der Waals surface area (Å²) < 4.78 is 0. The third kappa shape index (κ3) is 1.45. The summed E-state index contributed by atoms with van der Waals surface area (Å²) >= 11 is 0. The molecule has 1 fully saturated rings. The molecule has 2 aliphatic rings. The molecule has 2 aliphatic carbocycles. The van der Waals surface area contributed by atoms with Crippen LogP contribution >= 0.6 is 0 Å². The lowest BCUT2D eigenvalue weighted by Gasteiger charge is -2.11. The zero-order valence-electron chi connectivity index (χ0n) is 7.74. The maximum absolute atomic E-state index is 4.43. The molecule has 0 spiro atoms. The van der Waals surface area contributed by atoms with Crippen molar-refractivity contribution in [3.8, 4) is 0 Å². The van der Waals surface area contributed by atoms with E-state index in [0.717, 1.165) is 24.3 Å². The Hall–Kier alpha value is -0.590. The number of aliphatic imine (C=N–C) groups is 1. The molecular formula is C11H17N. The fourth-order valence-electron chi connectivity index (χ4n) is 2.33. The highest BCUT2D eigenvalue weighted by atomic mass is 14.7. The predicted octanol–water partition coefficient (Wildman–Crippen LogP) is 2.68. The van der Waals surface area contributed by atoms with E-state index in [1.165, 1.54) is 19.3 Å². The van der Waals surface area contributed by atoms with Crippen molar-refractivity contribution in [3.05, 3.63) is 12.2 Å². The summed E-state index contributed by atoms with van der Waals surface area (Å²) in [5, 5.41) is 0. The van der Waals surface area contributed by atoms with Gasteiger partial charge in [-0.2, -0.15) is 0 Å². The van der Waals surface area contributed by atoms with Crippen molar-refractivity contribution in [1.29, 1.82) is 0 Å². The molecule has 0 aromatic carbocycles. The van der Waals surface area contributed by atoms with E-state index >= 15 is 0 Å². The van der Waals surface area contributed by atoms with Gasteiger partial charge in [-0.1, -0.05) is 19.1 Å². The van der Waals surface area contributed by atoms with Crippen molar-refractivity contribution in [2.24, 2.45) is 22.7 Å². The molecule has 0 aromatic heterocycles. The fourth-order valence-corrected chi connectivity index (χ4v) is 2.33. The fraction of sp³-hybridized carbons (Fsp3) is 0.727. The van der Waals surface area contributed by atoms with Crippen LogP contribution in [0.3, 0.4) is 0 Å². The van der Waals surface area contributed by atoms with E-state index in [1.54, 1.807) is 0 Å². The lowest BCUT2D eigenvalue weighted by molar-refractivity contribution is 0.593. The minimum absolute atomic E-state index is 0.770. The van der Waals surface area contributed by atoms with Gasteiger partial charge in [-0.15, -0.1) is 0 Å². The maximum Gasteiger partial charge on any atom is 0.0382 e. The topological polar surface area (TPSA) is 12.4 Å². The molecule has 2 rings (SSSR count). The minimum Gasteiger partial charge on any atom is -0.297 e. The van der Waals surface area contributed by atoms with E-state index in [2.05, 4.69) is 30.3 Å². The normalized spacial score (nSPS) is 38.6. The molecule has 0 aliphatic heterocycles. The lowest BCUT2D eigenvalue weighted by atomic mass is 9.95. The van der Waals surface area contributed by atoms with Crippen molar-refractivity contribution < 1.29 is 0 Å². The van der Waals surface area contributed by atoms with Gasteiger partial charge in [-0.3, -0.25) is 4.99 Å². The van der Waals surface area contributed by atoms with Gasteiger partial charge in [0.15, 0.2) is 0 Å². The second-order valence-electron chi connectivity index (χ2n) is 4.00. The summed E-state index contributed by atoms with van der Waals surface area (Å²) in [6.07, 6.45) is 10.9. The van der Waals surface area contributed by atoms with Crippen LogP contribution in [0.5, 0.6) is 0 Å². The Labute approximate surface area is 74.6 Å². The molecule has 1 nitrogen and oxygen atoms in total. The van der Waals surface area contributed by atoms with Gasteiger partial charge < -0.3 is 0 Å². The van der Waals surface area contributed by atoms with Gasteiger partial charge >= 0.3 is 0 Å². The van der Waals surface area contributed by atoms with E-state index in [-0.39, 0.29) is 0 Å². The van der Waals surface area contributed by atoms with Crippen LogP contribution in [0.1, 0.15) is 26.2 Å². The Kier molecular flexibility index (Phi) is 2.29. The number of rotatable bonds is 3. The Bertz CT molecular complexity index is 205. The van der Waals surface area contributed by atoms with Crippen LogP contribution in [0.15, 0.2) is 17.1 Å². The summed E-state index contributed by atoms with van der Waals surface area (Å²) in [4.78, 5) is 4.43. The molecule has 0 aromatic rings. The van der Waals surface area contributed by atoms with Gasteiger partial charge in [0, 0.05) is 18.7 Å². The number of nitrogens with zero attached hydrogens (tertiary/aromatic N) is 1. The Morgan fingerprint density at radius 3 is 2.92 bits per heavy atom. The number of fused-ring (bicyclic) bond motifs is 2. The molecule has 66 valence electrons. The molecule has 0 radical (unpaired) electrons. The predicted molar refractivity (Wildman–Crippen MR) is 52.5 cm³/mol. The second-order valence-corrected chi connectivity index (χ2v) is 4.00. The van der Waals surface area contributed by atoms with Crippen LogP contribution in [0.25, 0.3) is 0 Å². The Balaban J connectivity index is 1.87. The molecule has 0 heterocycles. The minimum atomic E-state index is 0.770. The first-order valence-electron chi connectivity index (χ1n) is 5.08. The van der Waals surface area contributed by atoms with E-state index in [4.69, 9.17) is 0 Å². The third-order valence-corrected chi connectivity index (χ3v) is 2.98. The average Bonchev–Trinajstić information content (AvgIpc) is 2.65. The van der Waals surface area contributed by atoms with Crippen LogP contribution in [0.2, 0.25) is 0 Å². The van der Waals surface area contributed by atoms with Crippen molar-refractivity contribution >= 4 is 6.21 Å². The van der Waals surface area contributed by atoms with Gasteiger partial charge in [0.2, 0.25) is 0 Å². The maximum atomic E-state index is 4.43. The number of hydrogen-bond acceptors (Lipinski definition) is 1.